The van der Waals surface area contributed by atoms with E-state index in [1.54, 1.807) is 0 Å². The van der Waals surface area contributed by atoms with Gasteiger partial charge < -0.3 is 10.5 Å². The van der Waals surface area contributed by atoms with E-state index in [4.69, 9.17) is 10.5 Å². The summed E-state index contributed by atoms with van der Waals surface area (Å²) in [5, 5.41) is 0. The highest BCUT2D eigenvalue weighted by atomic mass is 79.9. The Hall–Kier alpha value is -1.03. The summed E-state index contributed by atoms with van der Waals surface area (Å²) in [6.45, 7) is 4.96. The SMILES string of the molecule is CC(C)C1COC(c2cc(N)cc(Br)c2)=N1. The molecule has 0 spiro atoms. The molecule has 1 aromatic carbocycles. The van der Waals surface area contributed by atoms with E-state index in [-0.39, 0.29) is 6.04 Å². The van der Waals surface area contributed by atoms with Crippen LogP contribution in [-0.2, 0) is 4.74 Å². The monoisotopic (exact) mass is 282 g/mol. The van der Waals surface area contributed by atoms with Crippen LogP contribution in [0.3, 0.4) is 0 Å². The van der Waals surface area contributed by atoms with Crippen LogP contribution in [0.15, 0.2) is 27.7 Å². The van der Waals surface area contributed by atoms with E-state index < -0.39 is 0 Å². The van der Waals surface area contributed by atoms with Gasteiger partial charge in [-0.1, -0.05) is 29.8 Å². The molecular weight excluding hydrogens is 268 g/mol. The van der Waals surface area contributed by atoms with Crippen LogP contribution in [0, 0.1) is 5.92 Å². The van der Waals surface area contributed by atoms with Gasteiger partial charge in [-0.2, -0.15) is 0 Å². The molecular formula is C12H15BrN2O. The van der Waals surface area contributed by atoms with Crippen LogP contribution < -0.4 is 5.73 Å². The lowest BCUT2D eigenvalue weighted by atomic mass is 10.1. The minimum Gasteiger partial charge on any atom is -0.475 e. The predicted molar refractivity (Wildman–Crippen MR) is 69.7 cm³/mol. The molecule has 0 saturated heterocycles. The van der Waals surface area contributed by atoms with E-state index >= 15 is 0 Å². The molecule has 2 rings (SSSR count). The molecule has 0 aromatic heterocycles. The number of halogens is 1. The minimum atomic E-state index is 0.259. The average molecular weight is 283 g/mol. The van der Waals surface area contributed by atoms with Gasteiger partial charge in [0.1, 0.15) is 6.61 Å². The first-order valence-corrected chi connectivity index (χ1v) is 6.12. The molecule has 1 atom stereocenters. The first-order valence-electron chi connectivity index (χ1n) is 5.33. The van der Waals surface area contributed by atoms with E-state index in [1.807, 2.05) is 18.2 Å². The van der Waals surface area contributed by atoms with Crippen LogP contribution in [0.1, 0.15) is 19.4 Å². The molecule has 0 amide bonds. The van der Waals surface area contributed by atoms with Gasteiger partial charge in [0, 0.05) is 15.7 Å². The number of ether oxygens (including phenoxy) is 1. The Bertz CT molecular complexity index is 409. The first-order chi connectivity index (χ1) is 7.56. The molecule has 1 aliphatic heterocycles. The second-order valence-electron chi connectivity index (χ2n) is 4.33. The summed E-state index contributed by atoms with van der Waals surface area (Å²) in [5.41, 5.74) is 7.43. The Labute approximate surface area is 104 Å². The van der Waals surface area contributed by atoms with E-state index in [0.717, 1.165) is 10.0 Å². The molecule has 1 aliphatic rings. The maximum absolute atomic E-state index is 5.78. The summed E-state index contributed by atoms with van der Waals surface area (Å²) in [6, 6.07) is 5.97. The lowest BCUT2D eigenvalue weighted by Gasteiger charge is -2.06. The fourth-order valence-corrected chi connectivity index (χ4v) is 2.14. The van der Waals surface area contributed by atoms with Crippen molar-refractivity contribution in [3.63, 3.8) is 0 Å². The molecule has 0 fully saturated rings. The van der Waals surface area contributed by atoms with Crippen molar-refractivity contribution in [2.75, 3.05) is 12.3 Å². The summed E-state index contributed by atoms with van der Waals surface area (Å²) < 4.78 is 6.54. The first kappa shape index (κ1) is 11.5. The van der Waals surface area contributed by atoms with Crippen molar-refractivity contribution >= 4 is 27.5 Å². The number of hydrogen-bond acceptors (Lipinski definition) is 3. The van der Waals surface area contributed by atoms with E-state index in [0.29, 0.717) is 24.1 Å². The lowest BCUT2D eigenvalue weighted by Crippen LogP contribution is -2.13. The number of nitrogens with zero attached hydrogens (tertiary/aromatic N) is 1. The second-order valence-corrected chi connectivity index (χ2v) is 5.25. The van der Waals surface area contributed by atoms with Gasteiger partial charge in [0.15, 0.2) is 0 Å². The predicted octanol–water partition coefficient (Wildman–Crippen LogP) is 2.83. The second kappa shape index (κ2) is 4.45. The normalized spacial score (nSPS) is 19.8. The Kier molecular flexibility index (Phi) is 3.19. The summed E-state index contributed by atoms with van der Waals surface area (Å²) in [4.78, 5) is 4.56. The molecule has 1 heterocycles. The van der Waals surface area contributed by atoms with E-state index in [1.165, 1.54) is 0 Å². The number of nitrogen functional groups attached to an aromatic ring is 1. The number of rotatable bonds is 2. The topological polar surface area (TPSA) is 47.6 Å². The van der Waals surface area contributed by atoms with Crippen LogP contribution >= 0.6 is 15.9 Å². The highest BCUT2D eigenvalue weighted by molar-refractivity contribution is 9.10. The van der Waals surface area contributed by atoms with Crippen molar-refractivity contribution in [3.05, 3.63) is 28.2 Å². The molecule has 0 radical (unpaired) electrons. The van der Waals surface area contributed by atoms with Gasteiger partial charge in [-0.3, -0.25) is 0 Å². The summed E-state index contributed by atoms with van der Waals surface area (Å²) in [5.74, 6) is 1.20. The van der Waals surface area contributed by atoms with Crippen LogP contribution in [0.5, 0.6) is 0 Å². The number of aliphatic imine (C=N–C) groups is 1. The van der Waals surface area contributed by atoms with Gasteiger partial charge in [0.25, 0.3) is 0 Å². The smallest absolute Gasteiger partial charge is 0.216 e. The van der Waals surface area contributed by atoms with Crippen molar-refractivity contribution in [1.29, 1.82) is 0 Å². The van der Waals surface area contributed by atoms with Crippen molar-refractivity contribution in [2.24, 2.45) is 10.9 Å². The number of nitrogens with two attached hydrogens (primary N) is 1. The molecule has 4 heteroatoms. The van der Waals surface area contributed by atoms with Crippen LogP contribution in [0.2, 0.25) is 0 Å². The fraction of sp³-hybridized carbons (Fsp3) is 0.417. The molecule has 3 nitrogen and oxygen atoms in total. The zero-order chi connectivity index (χ0) is 11.7. The average Bonchev–Trinajstić information content (AvgIpc) is 2.64. The highest BCUT2D eigenvalue weighted by Gasteiger charge is 2.22. The zero-order valence-corrected chi connectivity index (χ0v) is 11.0. The van der Waals surface area contributed by atoms with Gasteiger partial charge >= 0.3 is 0 Å². The molecule has 1 aromatic rings. The third-order valence-corrected chi connectivity index (χ3v) is 3.07. The molecule has 86 valence electrons. The largest absolute Gasteiger partial charge is 0.475 e. The lowest BCUT2D eigenvalue weighted by molar-refractivity contribution is 0.292. The van der Waals surface area contributed by atoms with Crippen molar-refractivity contribution in [1.82, 2.24) is 0 Å². The van der Waals surface area contributed by atoms with Crippen molar-refractivity contribution < 1.29 is 4.74 Å². The van der Waals surface area contributed by atoms with Gasteiger partial charge in [-0.15, -0.1) is 0 Å². The van der Waals surface area contributed by atoms with Crippen LogP contribution in [-0.4, -0.2) is 18.5 Å². The van der Waals surface area contributed by atoms with Gasteiger partial charge in [-0.25, -0.2) is 4.99 Å². The Morgan fingerprint density at radius 2 is 2.19 bits per heavy atom. The van der Waals surface area contributed by atoms with Gasteiger partial charge in [0.2, 0.25) is 5.90 Å². The van der Waals surface area contributed by atoms with Crippen LogP contribution in [0.4, 0.5) is 5.69 Å². The minimum absolute atomic E-state index is 0.259. The number of anilines is 1. The third-order valence-electron chi connectivity index (χ3n) is 2.61. The summed E-state index contributed by atoms with van der Waals surface area (Å²) >= 11 is 3.41. The molecule has 16 heavy (non-hydrogen) atoms. The highest BCUT2D eigenvalue weighted by Crippen LogP contribution is 2.22. The Balaban J connectivity index is 2.28. The van der Waals surface area contributed by atoms with Crippen molar-refractivity contribution in [2.45, 2.75) is 19.9 Å². The molecule has 1 unspecified atom stereocenters. The summed E-state index contributed by atoms with van der Waals surface area (Å²) in [7, 11) is 0. The maximum Gasteiger partial charge on any atom is 0.216 e. The Morgan fingerprint density at radius 1 is 1.44 bits per heavy atom. The number of hydrogen-bond donors (Lipinski definition) is 1. The van der Waals surface area contributed by atoms with E-state index in [9.17, 15) is 0 Å². The fourth-order valence-electron chi connectivity index (χ4n) is 1.62. The molecule has 0 saturated carbocycles. The summed E-state index contributed by atoms with van der Waals surface area (Å²) in [6.07, 6.45) is 0. The maximum atomic E-state index is 5.78. The van der Waals surface area contributed by atoms with Crippen molar-refractivity contribution in [3.8, 4) is 0 Å². The third kappa shape index (κ3) is 2.38. The van der Waals surface area contributed by atoms with Crippen LogP contribution in [0.25, 0.3) is 0 Å². The quantitative estimate of drug-likeness (QED) is 0.848. The number of benzene rings is 1. The zero-order valence-electron chi connectivity index (χ0n) is 9.40. The van der Waals surface area contributed by atoms with E-state index in [2.05, 4.69) is 34.8 Å². The molecule has 0 aliphatic carbocycles. The standard InChI is InChI=1S/C12H15BrN2O/c1-7(2)11-6-16-12(15-11)8-3-9(13)5-10(14)4-8/h3-5,7,11H,6,14H2,1-2H3. The molecule has 0 bridgehead atoms. The van der Waals surface area contributed by atoms with Gasteiger partial charge in [0.05, 0.1) is 6.04 Å². The molecule has 2 N–H and O–H groups in total. The van der Waals surface area contributed by atoms with Gasteiger partial charge in [-0.05, 0) is 24.1 Å². The Morgan fingerprint density at radius 3 is 2.75 bits per heavy atom.